The molecule has 2 nitrogen and oxygen atoms in total. The summed E-state index contributed by atoms with van der Waals surface area (Å²) in [7, 11) is 1.72. The van der Waals surface area contributed by atoms with E-state index in [4.69, 9.17) is 10.5 Å². The van der Waals surface area contributed by atoms with Gasteiger partial charge in [0.25, 0.3) is 0 Å². The van der Waals surface area contributed by atoms with Crippen LogP contribution in [0.5, 0.6) is 5.75 Å². The molecule has 2 N–H and O–H groups in total. The molecule has 0 fully saturated rings. The number of methoxy groups -OCH3 is 1. The van der Waals surface area contributed by atoms with Gasteiger partial charge in [0.1, 0.15) is 5.75 Å². The molecule has 0 heterocycles. The van der Waals surface area contributed by atoms with Crippen molar-refractivity contribution in [2.75, 3.05) is 13.7 Å². The zero-order chi connectivity index (χ0) is 16.2. The number of hydrogen-bond donors (Lipinski definition) is 1. The average Bonchev–Trinajstić information content (AvgIpc) is 2.55. The Morgan fingerprint density at radius 3 is 2.23 bits per heavy atom. The molecule has 0 bridgehead atoms. The second kappa shape index (κ2) is 6.97. The van der Waals surface area contributed by atoms with E-state index in [1.807, 2.05) is 18.2 Å². The van der Waals surface area contributed by atoms with Crippen molar-refractivity contribution >= 4 is 0 Å². The minimum atomic E-state index is -0.133. The van der Waals surface area contributed by atoms with Crippen molar-refractivity contribution in [3.05, 3.63) is 65.2 Å². The highest BCUT2D eigenvalue weighted by Crippen LogP contribution is 2.34. The van der Waals surface area contributed by atoms with Gasteiger partial charge in [0.15, 0.2) is 0 Å². The number of ether oxygens (including phenoxy) is 1. The molecule has 2 heteroatoms. The Labute approximate surface area is 134 Å². The van der Waals surface area contributed by atoms with E-state index < -0.39 is 0 Å². The first kappa shape index (κ1) is 16.6. The molecule has 0 aliphatic carbocycles. The summed E-state index contributed by atoms with van der Waals surface area (Å²) in [6, 6.07) is 17.1. The molecule has 0 saturated carbocycles. The number of hydrogen-bond acceptors (Lipinski definition) is 2. The van der Waals surface area contributed by atoms with Gasteiger partial charge in [-0.05, 0) is 29.5 Å². The van der Waals surface area contributed by atoms with E-state index >= 15 is 0 Å². The van der Waals surface area contributed by atoms with E-state index in [2.05, 4.69) is 51.1 Å². The van der Waals surface area contributed by atoms with E-state index in [-0.39, 0.29) is 5.41 Å². The standard InChI is InChI=1S/C20H27NO/c1-15(2)17-11-9-16(10-12-17)13-20(3,14-21)18-7-5-6-8-19(18)22-4/h5-12,15H,13-14,21H2,1-4H3. The maximum Gasteiger partial charge on any atom is 0.122 e. The van der Waals surface area contributed by atoms with Crippen molar-refractivity contribution in [2.45, 2.75) is 38.5 Å². The molecule has 0 aromatic heterocycles. The molecule has 1 atom stereocenters. The Morgan fingerprint density at radius 2 is 1.68 bits per heavy atom. The third-order valence-electron chi connectivity index (χ3n) is 4.45. The lowest BCUT2D eigenvalue weighted by molar-refractivity contribution is 0.385. The number of rotatable bonds is 6. The molecule has 1 unspecified atom stereocenters. The first-order valence-electron chi connectivity index (χ1n) is 7.92. The fourth-order valence-corrected chi connectivity index (χ4v) is 2.89. The normalized spacial score (nSPS) is 13.9. The van der Waals surface area contributed by atoms with Gasteiger partial charge in [-0.2, -0.15) is 0 Å². The Bertz CT molecular complexity index is 603. The van der Waals surface area contributed by atoms with E-state index in [0.29, 0.717) is 12.5 Å². The summed E-state index contributed by atoms with van der Waals surface area (Å²) in [6.45, 7) is 7.22. The third kappa shape index (κ3) is 3.50. The zero-order valence-corrected chi connectivity index (χ0v) is 14.1. The number of nitrogens with two attached hydrogens (primary N) is 1. The molecule has 0 aliphatic heterocycles. The molecule has 0 aliphatic rings. The molecular weight excluding hydrogens is 270 g/mol. The predicted octanol–water partition coefficient (Wildman–Crippen LogP) is 4.28. The first-order chi connectivity index (χ1) is 10.5. The van der Waals surface area contributed by atoms with Crippen LogP contribution in [0.4, 0.5) is 0 Å². The molecule has 22 heavy (non-hydrogen) atoms. The highest BCUT2D eigenvalue weighted by Gasteiger charge is 2.28. The molecular formula is C20H27NO. The molecule has 2 aromatic rings. The molecule has 0 radical (unpaired) electrons. The molecule has 2 aromatic carbocycles. The lowest BCUT2D eigenvalue weighted by atomic mass is 9.76. The molecule has 118 valence electrons. The second-order valence-corrected chi connectivity index (χ2v) is 6.54. The molecule has 0 spiro atoms. The summed E-state index contributed by atoms with van der Waals surface area (Å²) in [5, 5.41) is 0. The van der Waals surface area contributed by atoms with Crippen LogP contribution in [0.1, 0.15) is 43.4 Å². The second-order valence-electron chi connectivity index (χ2n) is 6.54. The Balaban J connectivity index is 2.30. The first-order valence-corrected chi connectivity index (χ1v) is 7.92. The van der Waals surface area contributed by atoms with Crippen LogP contribution < -0.4 is 10.5 Å². The predicted molar refractivity (Wildman–Crippen MR) is 93.6 cm³/mol. The Hall–Kier alpha value is -1.80. The van der Waals surface area contributed by atoms with Crippen LogP contribution in [-0.4, -0.2) is 13.7 Å². The van der Waals surface area contributed by atoms with E-state index in [1.165, 1.54) is 16.7 Å². The van der Waals surface area contributed by atoms with Crippen LogP contribution in [0.2, 0.25) is 0 Å². The zero-order valence-electron chi connectivity index (χ0n) is 14.1. The molecule has 2 rings (SSSR count). The highest BCUT2D eigenvalue weighted by molar-refractivity contribution is 5.41. The lowest BCUT2D eigenvalue weighted by Gasteiger charge is -2.30. The maximum absolute atomic E-state index is 6.13. The minimum absolute atomic E-state index is 0.133. The number of benzene rings is 2. The van der Waals surface area contributed by atoms with Gasteiger partial charge in [0.2, 0.25) is 0 Å². The summed E-state index contributed by atoms with van der Waals surface area (Å²) in [6.07, 6.45) is 0.905. The monoisotopic (exact) mass is 297 g/mol. The van der Waals surface area contributed by atoms with Crippen molar-refractivity contribution in [1.29, 1.82) is 0 Å². The topological polar surface area (TPSA) is 35.2 Å². The number of para-hydroxylation sites is 1. The maximum atomic E-state index is 6.13. The minimum Gasteiger partial charge on any atom is -0.496 e. The lowest BCUT2D eigenvalue weighted by Crippen LogP contribution is -2.34. The van der Waals surface area contributed by atoms with Gasteiger partial charge in [-0.1, -0.05) is 63.2 Å². The Kier molecular flexibility index (Phi) is 5.25. The van der Waals surface area contributed by atoms with E-state index in [1.54, 1.807) is 7.11 Å². The van der Waals surface area contributed by atoms with Gasteiger partial charge in [-0.15, -0.1) is 0 Å². The van der Waals surface area contributed by atoms with E-state index in [0.717, 1.165) is 12.2 Å². The third-order valence-corrected chi connectivity index (χ3v) is 4.45. The van der Waals surface area contributed by atoms with Gasteiger partial charge in [-0.3, -0.25) is 0 Å². The summed E-state index contributed by atoms with van der Waals surface area (Å²) < 4.78 is 5.53. The summed E-state index contributed by atoms with van der Waals surface area (Å²) in [5.41, 5.74) is 9.85. The van der Waals surface area contributed by atoms with Crippen molar-refractivity contribution in [2.24, 2.45) is 5.73 Å². The van der Waals surface area contributed by atoms with Gasteiger partial charge in [0, 0.05) is 17.5 Å². The van der Waals surface area contributed by atoms with Gasteiger partial charge < -0.3 is 10.5 Å². The fraction of sp³-hybridized carbons (Fsp3) is 0.400. The van der Waals surface area contributed by atoms with Crippen LogP contribution in [0.3, 0.4) is 0 Å². The van der Waals surface area contributed by atoms with Crippen molar-refractivity contribution in [3.8, 4) is 5.75 Å². The van der Waals surface area contributed by atoms with Crippen LogP contribution >= 0.6 is 0 Å². The van der Waals surface area contributed by atoms with Crippen molar-refractivity contribution in [1.82, 2.24) is 0 Å². The van der Waals surface area contributed by atoms with Crippen LogP contribution in [-0.2, 0) is 11.8 Å². The molecule has 0 amide bonds. The van der Waals surface area contributed by atoms with Gasteiger partial charge in [0.05, 0.1) is 7.11 Å². The van der Waals surface area contributed by atoms with Crippen LogP contribution in [0, 0.1) is 0 Å². The SMILES string of the molecule is COc1ccccc1C(C)(CN)Cc1ccc(C(C)C)cc1. The average molecular weight is 297 g/mol. The van der Waals surface area contributed by atoms with Crippen LogP contribution in [0.15, 0.2) is 48.5 Å². The molecule has 0 saturated heterocycles. The Morgan fingerprint density at radius 1 is 1.05 bits per heavy atom. The van der Waals surface area contributed by atoms with E-state index in [9.17, 15) is 0 Å². The summed E-state index contributed by atoms with van der Waals surface area (Å²) in [4.78, 5) is 0. The van der Waals surface area contributed by atoms with Gasteiger partial charge in [-0.25, -0.2) is 0 Å². The van der Waals surface area contributed by atoms with Crippen molar-refractivity contribution in [3.63, 3.8) is 0 Å². The summed E-state index contributed by atoms with van der Waals surface area (Å²) >= 11 is 0. The largest absolute Gasteiger partial charge is 0.496 e. The highest BCUT2D eigenvalue weighted by atomic mass is 16.5. The van der Waals surface area contributed by atoms with Crippen LogP contribution in [0.25, 0.3) is 0 Å². The summed E-state index contributed by atoms with van der Waals surface area (Å²) in [5.74, 6) is 1.47. The smallest absolute Gasteiger partial charge is 0.122 e. The fourth-order valence-electron chi connectivity index (χ4n) is 2.89. The van der Waals surface area contributed by atoms with Gasteiger partial charge >= 0.3 is 0 Å². The van der Waals surface area contributed by atoms with Crippen molar-refractivity contribution < 1.29 is 4.74 Å². The quantitative estimate of drug-likeness (QED) is 0.864.